The molecule has 8 nitrogen and oxygen atoms in total. The molecule has 0 bridgehead atoms. The SMILES string of the molecule is COc1cccc(Oc2ccc(Nc3c(C#N)c(C(N)=O)nn4c[c]c(C)c34)cc2)c1. The Morgan fingerprint density at radius 3 is 2.61 bits per heavy atom. The zero-order valence-corrected chi connectivity index (χ0v) is 16.8. The van der Waals surface area contributed by atoms with Crippen molar-refractivity contribution in [2.75, 3.05) is 12.4 Å². The van der Waals surface area contributed by atoms with Gasteiger partial charge in [0.15, 0.2) is 5.69 Å². The van der Waals surface area contributed by atoms with Crippen LogP contribution in [-0.2, 0) is 0 Å². The Morgan fingerprint density at radius 1 is 1.19 bits per heavy atom. The van der Waals surface area contributed by atoms with Crippen LogP contribution in [0.15, 0.2) is 54.7 Å². The number of anilines is 2. The molecular weight excluding hydrogens is 394 g/mol. The topological polar surface area (TPSA) is 115 Å². The quantitative estimate of drug-likeness (QED) is 0.495. The molecule has 31 heavy (non-hydrogen) atoms. The van der Waals surface area contributed by atoms with Crippen molar-refractivity contribution in [3.63, 3.8) is 0 Å². The van der Waals surface area contributed by atoms with Crippen LogP contribution < -0.4 is 20.5 Å². The molecule has 0 atom stereocenters. The number of hydrogen-bond acceptors (Lipinski definition) is 6. The summed E-state index contributed by atoms with van der Waals surface area (Å²) < 4.78 is 12.5. The average Bonchev–Trinajstić information content (AvgIpc) is 3.15. The number of rotatable bonds is 6. The summed E-state index contributed by atoms with van der Waals surface area (Å²) in [4.78, 5) is 11.8. The maximum Gasteiger partial charge on any atom is 0.270 e. The summed E-state index contributed by atoms with van der Waals surface area (Å²) in [5.41, 5.74) is 7.94. The zero-order valence-electron chi connectivity index (χ0n) is 16.8. The Bertz CT molecular complexity index is 1320. The Labute approximate surface area is 178 Å². The van der Waals surface area contributed by atoms with E-state index in [9.17, 15) is 10.1 Å². The number of nitriles is 1. The van der Waals surface area contributed by atoms with E-state index in [1.807, 2.05) is 31.2 Å². The summed E-state index contributed by atoms with van der Waals surface area (Å²) in [6, 6.07) is 19.6. The highest BCUT2D eigenvalue weighted by Gasteiger charge is 2.20. The molecule has 0 saturated carbocycles. The molecule has 0 unspecified atom stereocenters. The number of carbonyl (C=O) groups excluding carboxylic acids is 1. The van der Waals surface area contributed by atoms with Crippen LogP contribution in [0.1, 0.15) is 21.6 Å². The van der Waals surface area contributed by atoms with Gasteiger partial charge in [-0.15, -0.1) is 0 Å². The van der Waals surface area contributed by atoms with Crippen LogP contribution in [0.25, 0.3) is 5.52 Å². The summed E-state index contributed by atoms with van der Waals surface area (Å²) in [5, 5.41) is 17.1. The summed E-state index contributed by atoms with van der Waals surface area (Å²) >= 11 is 0. The number of aromatic nitrogens is 2. The van der Waals surface area contributed by atoms with E-state index in [1.54, 1.807) is 43.6 Å². The van der Waals surface area contributed by atoms with E-state index in [1.165, 1.54) is 4.52 Å². The monoisotopic (exact) mass is 412 g/mol. The number of nitrogens with two attached hydrogens (primary N) is 1. The van der Waals surface area contributed by atoms with Crippen molar-refractivity contribution in [3.8, 4) is 23.3 Å². The molecule has 0 fully saturated rings. The number of ether oxygens (including phenoxy) is 2. The van der Waals surface area contributed by atoms with Crippen molar-refractivity contribution in [1.29, 1.82) is 5.26 Å². The van der Waals surface area contributed by atoms with Crippen molar-refractivity contribution in [1.82, 2.24) is 9.61 Å². The van der Waals surface area contributed by atoms with Crippen LogP contribution in [0.3, 0.4) is 0 Å². The van der Waals surface area contributed by atoms with Gasteiger partial charge in [-0.3, -0.25) is 4.79 Å². The minimum absolute atomic E-state index is 0.0758. The molecule has 153 valence electrons. The van der Waals surface area contributed by atoms with Crippen LogP contribution in [0.2, 0.25) is 0 Å². The molecular formula is C23H18N5O3. The Kier molecular flexibility index (Phi) is 5.16. The van der Waals surface area contributed by atoms with E-state index in [0.29, 0.717) is 34.1 Å². The molecule has 2 heterocycles. The van der Waals surface area contributed by atoms with Gasteiger partial charge in [0.25, 0.3) is 5.91 Å². The summed E-state index contributed by atoms with van der Waals surface area (Å²) in [6.45, 7) is 1.85. The summed E-state index contributed by atoms with van der Waals surface area (Å²) in [6.07, 6.45) is 1.59. The first kappa shape index (κ1) is 19.8. The number of nitrogens with zero attached hydrogens (tertiary/aromatic N) is 3. The highest BCUT2D eigenvalue weighted by Crippen LogP contribution is 2.31. The maximum absolute atomic E-state index is 11.8. The smallest absolute Gasteiger partial charge is 0.270 e. The van der Waals surface area contributed by atoms with E-state index < -0.39 is 5.91 Å². The molecule has 8 heteroatoms. The molecule has 0 saturated heterocycles. The lowest BCUT2D eigenvalue weighted by Crippen LogP contribution is -2.18. The highest BCUT2D eigenvalue weighted by atomic mass is 16.5. The van der Waals surface area contributed by atoms with Gasteiger partial charge in [0.2, 0.25) is 0 Å². The second-order valence-corrected chi connectivity index (χ2v) is 6.70. The van der Waals surface area contributed by atoms with E-state index in [0.717, 1.165) is 5.56 Å². The van der Waals surface area contributed by atoms with Gasteiger partial charge in [-0.05, 0) is 48.9 Å². The molecule has 1 amide bonds. The van der Waals surface area contributed by atoms with Gasteiger partial charge >= 0.3 is 0 Å². The van der Waals surface area contributed by atoms with Gasteiger partial charge < -0.3 is 20.5 Å². The molecule has 0 aliphatic rings. The Morgan fingerprint density at radius 2 is 1.94 bits per heavy atom. The number of amides is 1. The Balaban J connectivity index is 1.67. The number of nitrogens with one attached hydrogen (secondary N) is 1. The van der Waals surface area contributed by atoms with Crippen molar-refractivity contribution in [3.05, 3.63) is 77.6 Å². The van der Waals surface area contributed by atoms with Gasteiger partial charge in [0.1, 0.15) is 28.9 Å². The second-order valence-electron chi connectivity index (χ2n) is 6.70. The predicted octanol–water partition coefficient (Wildman–Crippen LogP) is 3.96. The van der Waals surface area contributed by atoms with E-state index in [4.69, 9.17) is 15.2 Å². The van der Waals surface area contributed by atoms with Crippen LogP contribution in [0.4, 0.5) is 11.4 Å². The lowest BCUT2D eigenvalue weighted by molar-refractivity contribution is 0.0994. The van der Waals surface area contributed by atoms with E-state index >= 15 is 0 Å². The first-order chi connectivity index (χ1) is 15.0. The van der Waals surface area contributed by atoms with Gasteiger partial charge in [0, 0.05) is 24.0 Å². The summed E-state index contributed by atoms with van der Waals surface area (Å²) in [5.74, 6) is 1.19. The standard InChI is InChI=1S/C23H18N5O3/c1-14-10-11-28-22(14)20(19(13-24)21(27-28)23(25)29)26-15-6-8-16(9-7-15)31-18-5-3-4-17(12-18)30-2/h3-9,11-12,26H,1-2H3,(H2,25,29). The third-order valence-corrected chi connectivity index (χ3v) is 4.66. The minimum Gasteiger partial charge on any atom is -0.497 e. The normalized spacial score (nSPS) is 10.5. The van der Waals surface area contributed by atoms with Crippen molar-refractivity contribution >= 4 is 22.8 Å². The first-order valence-corrected chi connectivity index (χ1v) is 9.32. The molecule has 2 aromatic heterocycles. The second kappa shape index (κ2) is 8.08. The highest BCUT2D eigenvalue weighted by molar-refractivity contribution is 5.98. The van der Waals surface area contributed by atoms with Gasteiger partial charge in [0.05, 0.1) is 18.3 Å². The van der Waals surface area contributed by atoms with Crippen LogP contribution in [-0.4, -0.2) is 22.6 Å². The molecule has 0 spiro atoms. The summed E-state index contributed by atoms with van der Waals surface area (Å²) in [7, 11) is 1.60. The maximum atomic E-state index is 11.8. The molecule has 0 aliphatic heterocycles. The molecule has 4 rings (SSSR count). The number of benzene rings is 2. The van der Waals surface area contributed by atoms with E-state index in [2.05, 4.69) is 16.5 Å². The lowest BCUT2D eigenvalue weighted by atomic mass is 10.1. The minimum atomic E-state index is -0.783. The first-order valence-electron chi connectivity index (χ1n) is 9.32. The van der Waals surface area contributed by atoms with Gasteiger partial charge in [-0.2, -0.15) is 10.4 Å². The van der Waals surface area contributed by atoms with Crippen molar-refractivity contribution < 1.29 is 14.3 Å². The molecule has 0 aliphatic carbocycles. The van der Waals surface area contributed by atoms with Gasteiger partial charge in [-0.25, -0.2) is 4.52 Å². The molecule has 3 N–H and O–H groups in total. The fourth-order valence-electron chi connectivity index (χ4n) is 3.19. The van der Waals surface area contributed by atoms with Crippen LogP contribution in [0.5, 0.6) is 17.2 Å². The van der Waals surface area contributed by atoms with Crippen LogP contribution >= 0.6 is 0 Å². The third kappa shape index (κ3) is 3.84. The predicted molar refractivity (Wildman–Crippen MR) is 115 cm³/mol. The number of fused-ring (bicyclic) bond motifs is 1. The number of methoxy groups -OCH3 is 1. The molecule has 4 aromatic rings. The Hall–Kier alpha value is -4.51. The number of primary amides is 1. The molecule has 1 radical (unpaired) electrons. The van der Waals surface area contributed by atoms with Crippen molar-refractivity contribution in [2.45, 2.75) is 6.92 Å². The number of carbonyl (C=O) groups is 1. The number of hydrogen-bond donors (Lipinski definition) is 2. The zero-order chi connectivity index (χ0) is 22.0. The lowest BCUT2D eigenvalue weighted by Gasteiger charge is -2.14. The number of aryl methyl sites for hydroxylation is 1. The van der Waals surface area contributed by atoms with Gasteiger partial charge in [-0.1, -0.05) is 6.07 Å². The average molecular weight is 412 g/mol. The molecule has 2 aromatic carbocycles. The fraction of sp³-hybridized carbons (Fsp3) is 0.0870. The van der Waals surface area contributed by atoms with Crippen molar-refractivity contribution in [2.24, 2.45) is 5.73 Å². The van der Waals surface area contributed by atoms with Crippen LogP contribution in [0, 0.1) is 24.3 Å². The largest absolute Gasteiger partial charge is 0.497 e. The van der Waals surface area contributed by atoms with E-state index in [-0.39, 0.29) is 11.3 Å². The fourth-order valence-corrected chi connectivity index (χ4v) is 3.19. The third-order valence-electron chi connectivity index (χ3n) is 4.66.